The predicted octanol–water partition coefficient (Wildman–Crippen LogP) is 4.63. The molecule has 2 aromatic carbocycles. The lowest BCUT2D eigenvalue weighted by Crippen LogP contribution is -2.47. The summed E-state index contributed by atoms with van der Waals surface area (Å²) in [6.45, 7) is 3.94. The van der Waals surface area contributed by atoms with Gasteiger partial charge in [0, 0.05) is 42.9 Å². The average Bonchev–Trinajstić information content (AvgIpc) is 2.92. The van der Waals surface area contributed by atoms with Gasteiger partial charge in [0.1, 0.15) is 0 Å². The molecule has 0 bridgehead atoms. The van der Waals surface area contributed by atoms with Gasteiger partial charge in [-0.15, -0.1) is 0 Å². The van der Waals surface area contributed by atoms with Gasteiger partial charge < -0.3 is 10.0 Å². The van der Waals surface area contributed by atoms with Crippen molar-refractivity contribution in [2.75, 3.05) is 31.1 Å². The number of benzene rings is 2. The number of carboxylic acids is 1. The third kappa shape index (κ3) is 3.83. The van der Waals surface area contributed by atoms with Crippen molar-refractivity contribution in [3.8, 4) is 0 Å². The van der Waals surface area contributed by atoms with E-state index in [-0.39, 0.29) is 0 Å². The zero-order valence-electron chi connectivity index (χ0n) is 15.4. The molecule has 1 unspecified atom stereocenters. The van der Waals surface area contributed by atoms with Crippen molar-refractivity contribution in [1.82, 2.24) is 4.90 Å². The number of aromatic carboxylic acids is 1. The molecule has 2 aliphatic rings. The molecular formula is C22H25ClN2O2. The topological polar surface area (TPSA) is 43.8 Å². The van der Waals surface area contributed by atoms with Crippen molar-refractivity contribution in [3.05, 3.63) is 64.2 Å². The fraction of sp³-hybridized carbons (Fsp3) is 0.409. The number of anilines is 1. The summed E-state index contributed by atoms with van der Waals surface area (Å²) in [7, 11) is 0. The highest BCUT2D eigenvalue weighted by Gasteiger charge is 2.28. The highest BCUT2D eigenvalue weighted by Crippen LogP contribution is 2.37. The fourth-order valence-corrected chi connectivity index (χ4v) is 4.71. The third-order valence-corrected chi connectivity index (χ3v) is 6.26. The Morgan fingerprint density at radius 1 is 1.00 bits per heavy atom. The second kappa shape index (κ2) is 7.91. The first-order valence-electron chi connectivity index (χ1n) is 9.73. The fourth-order valence-electron chi connectivity index (χ4n) is 4.43. The first-order valence-corrected chi connectivity index (χ1v) is 10.1. The van der Waals surface area contributed by atoms with Crippen molar-refractivity contribution >= 4 is 23.3 Å². The highest BCUT2D eigenvalue weighted by molar-refractivity contribution is 6.31. The Balaban J connectivity index is 1.46. The zero-order chi connectivity index (χ0) is 18.8. The Labute approximate surface area is 165 Å². The van der Waals surface area contributed by atoms with E-state index < -0.39 is 5.97 Å². The Hall–Kier alpha value is -2.04. The summed E-state index contributed by atoms with van der Waals surface area (Å²) in [5.74, 6) is -0.878. The largest absolute Gasteiger partial charge is 0.478 e. The molecule has 0 amide bonds. The first-order chi connectivity index (χ1) is 13.1. The van der Waals surface area contributed by atoms with Crippen LogP contribution in [0.2, 0.25) is 5.02 Å². The standard InChI is InChI=1S/C22H25ClN2O2/c23-20-6-3-5-19-18(20)4-1-2-7-21(19)25-14-12-24(13-15-25)17-10-8-16(9-11-17)22(26)27/h3,5-6,8-11,21H,1-2,4,7,12-15H2,(H,26,27). The molecule has 0 aromatic heterocycles. The molecule has 2 aromatic rings. The van der Waals surface area contributed by atoms with Gasteiger partial charge in [0.05, 0.1) is 5.56 Å². The van der Waals surface area contributed by atoms with E-state index in [0.717, 1.165) is 43.3 Å². The molecule has 1 N–H and O–H groups in total. The molecule has 1 heterocycles. The van der Waals surface area contributed by atoms with Gasteiger partial charge in [-0.2, -0.15) is 0 Å². The van der Waals surface area contributed by atoms with Gasteiger partial charge in [0.2, 0.25) is 0 Å². The quantitative estimate of drug-likeness (QED) is 0.783. The van der Waals surface area contributed by atoms with Gasteiger partial charge in [-0.25, -0.2) is 4.79 Å². The van der Waals surface area contributed by atoms with Crippen LogP contribution in [0.4, 0.5) is 5.69 Å². The molecule has 0 radical (unpaired) electrons. The highest BCUT2D eigenvalue weighted by atomic mass is 35.5. The van der Waals surface area contributed by atoms with Crippen molar-refractivity contribution in [2.45, 2.75) is 31.7 Å². The van der Waals surface area contributed by atoms with Crippen LogP contribution in [-0.4, -0.2) is 42.2 Å². The minimum absolute atomic E-state index is 0.337. The smallest absolute Gasteiger partial charge is 0.335 e. The van der Waals surface area contributed by atoms with Crippen molar-refractivity contribution in [2.24, 2.45) is 0 Å². The van der Waals surface area contributed by atoms with E-state index >= 15 is 0 Å². The van der Waals surface area contributed by atoms with Crippen LogP contribution in [0.25, 0.3) is 0 Å². The average molecular weight is 385 g/mol. The van der Waals surface area contributed by atoms with Gasteiger partial charge in [0.25, 0.3) is 0 Å². The molecule has 1 fully saturated rings. The Bertz CT molecular complexity index is 814. The minimum atomic E-state index is -0.878. The number of rotatable bonds is 3. The van der Waals surface area contributed by atoms with Crippen molar-refractivity contribution in [1.29, 1.82) is 0 Å². The lowest BCUT2D eigenvalue weighted by molar-refractivity contribution is 0.0697. The minimum Gasteiger partial charge on any atom is -0.478 e. The number of carboxylic acid groups (broad SMARTS) is 1. The lowest BCUT2D eigenvalue weighted by atomic mass is 9.97. The number of halogens is 1. The second-order valence-electron chi connectivity index (χ2n) is 7.44. The zero-order valence-corrected chi connectivity index (χ0v) is 16.2. The molecule has 1 atom stereocenters. The van der Waals surface area contributed by atoms with Gasteiger partial charge in [-0.3, -0.25) is 4.90 Å². The molecule has 1 saturated heterocycles. The predicted molar refractivity (Wildman–Crippen MR) is 109 cm³/mol. The van der Waals surface area contributed by atoms with E-state index in [2.05, 4.69) is 21.9 Å². The van der Waals surface area contributed by atoms with Gasteiger partial charge >= 0.3 is 5.97 Å². The number of nitrogens with zero attached hydrogens (tertiary/aromatic N) is 2. The van der Waals surface area contributed by atoms with E-state index in [9.17, 15) is 4.79 Å². The first kappa shape index (κ1) is 18.3. The molecule has 4 nitrogen and oxygen atoms in total. The maximum absolute atomic E-state index is 11.0. The van der Waals surface area contributed by atoms with Crippen LogP contribution in [0, 0.1) is 0 Å². The molecule has 1 aliphatic carbocycles. The van der Waals surface area contributed by atoms with E-state index in [4.69, 9.17) is 16.7 Å². The second-order valence-corrected chi connectivity index (χ2v) is 7.85. The van der Waals surface area contributed by atoms with Crippen LogP contribution in [0.5, 0.6) is 0 Å². The number of carbonyl (C=O) groups is 1. The van der Waals surface area contributed by atoms with Crippen molar-refractivity contribution < 1.29 is 9.90 Å². The molecule has 4 rings (SSSR count). The molecular weight excluding hydrogens is 360 g/mol. The van der Waals surface area contributed by atoms with E-state index in [1.807, 2.05) is 18.2 Å². The van der Waals surface area contributed by atoms with E-state index in [1.165, 1.54) is 30.4 Å². The Morgan fingerprint density at radius 3 is 2.44 bits per heavy atom. The van der Waals surface area contributed by atoms with Crippen molar-refractivity contribution in [3.63, 3.8) is 0 Å². The van der Waals surface area contributed by atoms with Crippen LogP contribution in [0.3, 0.4) is 0 Å². The summed E-state index contributed by atoms with van der Waals surface area (Å²) < 4.78 is 0. The Morgan fingerprint density at radius 2 is 1.74 bits per heavy atom. The summed E-state index contributed by atoms with van der Waals surface area (Å²) in [6.07, 6.45) is 4.73. The maximum Gasteiger partial charge on any atom is 0.335 e. The number of hydrogen-bond acceptors (Lipinski definition) is 3. The summed E-state index contributed by atoms with van der Waals surface area (Å²) in [5, 5.41) is 9.97. The lowest BCUT2D eigenvalue weighted by Gasteiger charge is -2.40. The van der Waals surface area contributed by atoms with Gasteiger partial charge in [0.15, 0.2) is 0 Å². The normalized spacial score (nSPS) is 20.8. The third-order valence-electron chi connectivity index (χ3n) is 5.90. The van der Waals surface area contributed by atoms with Gasteiger partial charge in [-0.05, 0) is 60.7 Å². The molecule has 142 valence electrons. The summed E-state index contributed by atoms with van der Waals surface area (Å²) in [5.41, 5.74) is 4.20. The molecule has 5 heteroatoms. The number of fused-ring (bicyclic) bond motifs is 1. The van der Waals surface area contributed by atoms with Crippen LogP contribution in [-0.2, 0) is 6.42 Å². The maximum atomic E-state index is 11.0. The monoisotopic (exact) mass is 384 g/mol. The molecule has 0 saturated carbocycles. The van der Waals surface area contributed by atoms with E-state index in [1.54, 1.807) is 12.1 Å². The Kier molecular flexibility index (Phi) is 5.37. The number of piperazine rings is 1. The summed E-state index contributed by atoms with van der Waals surface area (Å²) in [6, 6.07) is 14.0. The van der Waals surface area contributed by atoms with Crippen LogP contribution in [0.1, 0.15) is 46.8 Å². The van der Waals surface area contributed by atoms with Crippen LogP contribution in [0.15, 0.2) is 42.5 Å². The van der Waals surface area contributed by atoms with Crippen LogP contribution >= 0.6 is 11.6 Å². The SMILES string of the molecule is O=C(O)c1ccc(N2CCN(C3CCCCc4c(Cl)cccc43)CC2)cc1. The van der Waals surface area contributed by atoms with Crippen LogP contribution < -0.4 is 4.90 Å². The number of hydrogen-bond donors (Lipinski definition) is 1. The summed E-state index contributed by atoms with van der Waals surface area (Å²) >= 11 is 6.49. The summed E-state index contributed by atoms with van der Waals surface area (Å²) in [4.78, 5) is 16.0. The van der Waals surface area contributed by atoms with E-state index in [0.29, 0.717) is 11.6 Å². The molecule has 1 aliphatic heterocycles. The van der Waals surface area contributed by atoms with Gasteiger partial charge in [-0.1, -0.05) is 30.2 Å². The molecule has 0 spiro atoms. The molecule has 27 heavy (non-hydrogen) atoms.